The molecule has 2 N–H and O–H groups in total. The first-order valence-electron chi connectivity index (χ1n) is 9.28. The number of alkyl halides is 3. The summed E-state index contributed by atoms with van der Waals surface area (Å²) in [7, 11) is 0. The number of pyridine rings is 1. The van der Waals surface area contributed by atoms with Crippen LogP contribution in [0.25, 0.3) is 10.9 Å². The molecule has 2 heterocycles. The molecule has 0 aliphatic carbocycles. The van der Waals surface area contributed by atoms with E-state index in [1.165, 1.54) is 17.0 Å². The second kappa shape index (κ2) is 7.46. The Kier molecular flexibility index (Phi) is 4.92. The van der Waals surface area contributed by atoms with E-state index < -0.39 is 30.1 Å². The maximum absolute atomic E-state index is 13.0. The molecule has 0 spiro atoms. The van der Waals surface area contributed by atoms with E-state index >= 15 is 0 Å². The van der Waals surface area contributed by atoms with Gasteiger partial charge >= 0.3 is 12.4 Å². The molecule has 0 bridgehead atoms. The maximum atomic E-state index is 13.0. The number of fused-ring (bicyclic) bond motifs is 1. The van der Waals surface area contributed by atoms with Gasteiger partial charge in [0.25, 0.3) is 5.91 Å². The van der Waals surface area contributed by atoms with Crippen molar-refractivity contribution in [3.05, 3.63) is 60.3 Å². The number of carbonyl (C=O) groups is 2. The quantitative estimate of drug-likeness (QED) is 0.498. The molecular weight excluding hydrogens is 413 g/mol. The molecule has 1 aromatic heterocycles. The maximum Gasteiger partial charge on any atom is 0.573 e. The number of anilines is 2. The summed E-state index contributed by atoms with van der Waals surface area (Å²) in [5.74, 6) is -0.931. The van der Waals surface area contributed by atoms with Crippen molar-refractivity contribution in [3.8, 4) is 5.75 Å². The molecule has 0 saturated carbocycles. The third-order valence-corrected chi connectivity index (χ3v) is 5.04. The molecule has 160 valence electrons. The number of halogens is 3. The Bertz CT molecular complexity index is 1160. The molecule has 31 heavy (non-hydrogen) atoms. The predicted octanol–water partition coefficient (Wildman–Crippen LogP) is 4.07. The zero-order chi connectivity index (χ0) is 22.3. The van der Waals surface area contributed by atoms with Gasteiger partial charge in [-0.2, -0.15) is 0 Å². The Morgan fingerprint density at radius 1 is 1.10 bits per heavy atom. The van der Waals surface area contributed by atoms with E-state index in [0.717, 1.165) is 22.6 Å². The molecule has 1 saturated heterocycles. The number of benzene rings is 2. The minimum Gasteiger partial charge on any atom is -0.406 e. The number of urea groups is 1. The number of aromatic nitrogens is 1. The molecule has 1 atom stereocenters. The number of carbonyl (C=O) groups excluding carboxylic acids is 2. The number of nitrogens with two attached hydrogens (primary N) is 1. The number of hydrogen-bond donors (Lipinski definition) is 1. The number of hydrogen-bond acceptors (Lipinski definition) is 5. The fourth-order valence-electron chi connectivity index (χ4n) is 3.57. The number of nitrogens with zero attached hydrogens (tertiary/aromatic N) is 3. The Labute approximate surface area is 174 Å². The van der Waals surface area contributed by atoms with Crippen LogP contribution in [0.1, 0.15) is 12.5 Å². The van der Waals surface area contributed by atoms with E-state index in [0.29, 0.717) is 16.6 Å². The zero-order valence-corrected chi connectivity index (χ0v) is 16.3. The third kappa shape index (κ3) is 3.83. The smallest absolute Gasteiger partial charge is 0.406 e. The second-order valence-corrected chi connectivity index (χ2v) is 7.01. The van der Waals surface area contributed by atoms with Gasteiger partial charge in [0.05, 0.1) is 11.2 Å². The van der Waals surface area contributed by atoms with Crippen LogP contribution in [0, 0.1) is 0 Å². The van der Waals surface area contributed by atoms with Crippen molar-refractivity contribution in [3.63, 3.8) is 0 Å². The summed E-state index contributed by atoms with van der Waals surface area (Å²) in [5.41, 5.74) is 8.14. The summed E-state index contributed by atoms with van der Waals surface area (Å²) >= 11 is 0. The van der Waals surface area contributed by atoms with Crippen LogP contribution in [0.5, 0.6) is 5.75 Å². The van der Waals surface area contributed by atoms with Crippen LogP contribution in [0.2, 0.25) is 0 Å². The lowest BCUT2D eigenvalue weighted by atomic mass is 10.1. The Morgan fingerprint density at radius 3 is 2.48 bits per heavy atom. The van der Waals surface area contributed by atoms with Gasteiger partial charge in [0.15, 0.2) is 0 Å². The van der Waals surface area contributed by atoms with E-state index in [1.807, 2.05) is 0 Å². The first kappa shape index (κ1) is 20.5. The van der Waals surface area contributed by atoms with Crippen molar-refractivity contribution >= 4 is 34.2 Å². The van der Waals surface area contributed by atoms with E-state index in [4.69, 9.17) is 5.73 Å². The van der Waals surface area contributed by atoms with Gasteiger partial charge in [0.2, 0.25) is 0 Å². The summed E-state index contributed by atoms with van der Waals surface area (Å²) in [4.78, 5) is 32.4. The topological polar surface area (TPSA) is 88.8 Å². The highest BCUT2D eigenvalue weighted by Gasteiger charge is 2.43. The molecule has 10 heteroatoms. The average molecular weight is 430 g/mol. The van der Waals surface area contributed by atoms with Crippen molar-refractivity contribution in [1.82, 2.24) is 9.88 Å². The largest absolute Gasteiger partial charge is 0.573 e. The van der Waals surface area contributed by atoms with Gasteiger partial charge in [0, 0.05) is 23.8 Å². The highest BCUT2D eigenvalue weighted by molar-refractivity contribution is 6.21. The summed E-state index contributed by atoms with van der Waals surface area (Å²) < 4.78 is 40.9. The first-order valence-corrected chi connectivity index (χ1v) is 9.28. The number of imide groups is 1. The lowest BCUT2D eigenvalue weighted by Gasteiger charge is -2.20. The molecule has 3 aromatic rings. The molecule has 1 aliphatic heterocycles. The number of nitrogen functional groups attached to an aromatic ring is 1. The summed E-state index contributed by atoms with van der Waals surface area (Å²) in [6.45, 7) is 1.71. The first-order chi connectivity index (χ1) is 14.7. The van der Waals surface area contributed by atoms with Gasteiger partial charge in [-0.3, -0.25) is 9.78 Å². The van der Waals surface area contributed by atoms with E-state index in [2.05, 4.69) is 9.72 Å². The monoisotopic (exact) mass is 430 g/mol. The number of ether oxygens (including phenoxy) is 1. The van der Waals surface area contributed by atoms with Gasteiger partial charge in [0.1, 0.15) is 11.8 Å². The van der Waals surface area contributed by atoms with Gasteiger partial charge in [-0.05, 0) is 55.0 Å². The van der Waals surface area contributed by atoms with E-state index in [1.54, 1.807) is 37.4 Å². The molecule has 4 rings (SSSR count). The Balaban J connectivity index is 1.61. The van der Waals surface area contributed by atoms with Crippen LogP contribution in [-0.2, 0) is 11.3 Å². The van der Waals surface area contributed by atoms with Crippen LogP contribution in [0.4, 0.5) is 29.3 Å². The standard InChI is InChI=1S/C21H17F3N4O3/c1-12-19(29)28(14-5-7-15(8-6-14)31-21(22,23)24)20(30)27(12)11-13-9-10-26-17-4-2-3-16(25)18(13)17/h2-10,12H,11,25H2,1H3. The molecule has 1 unspecified atom stereocenters. The van der Waals surface area contributed by atoms with Crippen LogP contribution in [0.3, 0.4) is 0 Å². The van der Waals surface area contributed by atoms with Crippen LogP contribution in [0.15, 0.2) is 54.7 Å². The highest BCUT2D eigenvalue weighted by atomic mass is 19.4. The molecule has 1 aliphatic rings. The van der Waals surface area contributed by atoms with Crippen LogP contribution >= 0.6 is 0 Å². The van der Waals surface area contributed by atoms with Gasteiger partial charge in [-0.15, -0.1) is 13.2 Å². The molecular formula is C21H17F3N4O3. The predicted molar refractivity (Wildman–Crippen MR) is 107 cm³/mol. The normalized spacial score (nSPS) is 17.0. The number of amides is 3. The fourth-order valence-corrected chi connectivity index (χ4v) is 3.57. The van der Waals surface area contributed by atoms with Gasteiger partial charge in [-0.1, -0.05) is 6.07 Å². The van der Waals surface area contributed by atoms with Crippen molar-refractivity contribution in [1.29, 1.82) is 0 Å². The summed E-state index contributed by atoms with van der Waals surface area (Å²) in [5, 5.41) is 0.699. The lowest BCUT2D eigenvalue weighted by Crippen LogP contribution is -2.33. The fraction of sp³-hybridized carbons (Fsp3) is 0.190. The molecule has 7 nitrogen and oxygen atoms in total. The zero-order valence-electron chi connectivity index (χ0n) is 16.3. The van der Waals surface area contributed by atoms with Crippen molar-refractivity contribution in [2.45, 2.75) is 25.9 Å². The van der Waals surface area contributed by atoms with Crippen molar-refractivity contribution < 1.29 is 27.5 Å². The minimum absolute atomic E-state index is 0.116. The van der Waals surface area contributed by atoms with Crippen molar-refractivity contribution in [2.75, 3.05) is 10.6 Å². The molecule has 1 fully saturated rings. The van der Waals surface area contributed by atoms with Gasteiger partial charge in [-0.25, -0.2) is 9.69 Å². The van der Waals surface area contributed by atoms with Crippen molar-refractivity contribution in [2.24, 2.45) is 0 Å². The van der Waals surface area contributed by atoms with Gasteiger partial charge < -0.3 is 15.4 Å². The van der Waals surface area contributed by atoms with Crippen LogP contribution in [-0.4, -0.2) is 34.2 Å². The Morgan fingerprint density at radius 2 is 1.81 bits per heavy atom. The highest BCUT2D eigenvalue weighted by Crippen LogP contribution is 2.31. The Hall–Kier alpha value is -3.82. The van der Waals surface area contributed by atoms with E-state index in [9.17, 15) is 22.8 Å². The van der Waals surface area contributed by atoms with E-state index in [-0.39, 0.29) is 12.2 Å². The second-order valence-electron chi connectivity index (χ2n) is 7.01. The molecule has 2 aromatic carbocycles. The summed E-state index contributed by atoms with van der Waals surface area (Å²) in [6, 6.07) is 10.2. The minimum atomic E-state index is -4.83. The third-order valence-electron chi connectivity index (χ3n) is 5.04. The SMILES string of the molecule is CC1C(=O)N(c2ccc(OC(F)(F)F)cc2)C(=O)N1Cc1ccnc2cccc(N)c12. The number of rotatable bonds is 4. The van der Waals surface area contributed by atoms with Crippen LogP contribution < -0.4 is 15.4 Å². The molecule has 3 amide bonds. The molecule has 0 radical (unpaired) electrons. The average Bonchev–Trinajstić information content (AvgIpc) is 2.91. The lowest BCUT2D eigenvalue weighted by molar-refractivity contribution is -0.274. The summed E-state index contributed by atoms with van der Waals surface area (Å²) in [6.07, 6.45) is -3.23.